The maximum atomic E-state index is 12.8. The number of methoxy groups -OCH3 is 1. The van der Waals surface area contributed by atoms with Crippen LogP contribution in [-0.4, -0.2) is 33.5 Å². The minimum Gasteiger partial charge on any atom is -0.497 e. The highest BCUT2D eigenvalue weighted by atomic mass is 32.2. The Bertz CT molecular complexity index is 1350. The average Bonchev–Trinajstić information content (AvgIpc) is 3.28. The summed E-state index contributed by atoms with van der Waals surface area (Å²) in [5, 5.41) is 12.6. The number of nitrogens with one attached hydrogen (secondary N) is 1. The molecule has 0 atom stereocenters. The van der Waals surface area contributed by atoms with Crippen molar-refractivity contribution in [1.29, 1.82) is 0 Å². The Morgan fingerprint density at radius 3 is 2.28 bits per heavy atom. The van der Waals surface area contributed by atoms with E-state index in [-0.39, 0.29) is 17.1 Å². The van der Waals surface area contributed by atoms with E-state index in [2.05, 4.69) is 66.6 Å². The molecule has 0 radical (unpaired) electrons. The van der Waals surface area contributed by atoms with Crippen LogP contribution in [0.1, 0.15) is 37.5 Å². The van der Waals surface area contributed by atoms with E-state index >= 15 is 0 Å². The van der Waals surface area contributed by atoms with Crippen molar-refractivity contribution in [3.05, 3.63) is 83.4 Å². The predicted molar refractivity (Wildman–Crippen MR) is 147 cm³/mol. The molecular weight excluding hydrogens is 468 g/mol. The van der Waals surface area contributed by atoms with E-state index in [1.165, 1.54) is 17.3 Å². The van der Waals surface area contributed by atoms with E-state index in [0.717, 1.165) is 39.6 Å². The highest BCUT2D eigenvalue weighted by Gasteiger charge is 2.19. The van der Waals surface area contributed by atoms with E-state index in [1.54, 1.807) is 7.11 Å². The van der Waals surface area contributed by atoms with Gasteiger partial charge in [-0.25, -0.2) is 0 Å². The number of rotatable bonds is 7. The fourth-order valence-electron chi connectivity index (χ4n) is 3.90. The lowest BCUT2D eigenvalue weighted by Crippen LogP contribution is -2.15. The summed E-state index contributed by atoms with van der Waals surface area (Å²) >= 11 is 1.36. The maximum absolute atomic E-state index is 12.8. The molecule has 1 heterocycles. The van der Waals surface area contributed by atoms with Gasteiger partial charge in [-0.05, 0) is 60.7 Å². The molecule has 186 valence electrons. The first-order chi connectivity index (χ1) is 17.2. The number of nitrogens with zero attached hydrogens (tertiary/aromatic N) is 3. The monoisotopic (exact) mass is 500 g/mol. The van der Waals surface area contributed by atoms with Gasteiger partial charge in [0.15, 0.2) is 11.0 Å². The van der Waals surface area contributed by atoms with Crippen molar-refractivity contribution in [3.8, 4) is 22.8 Å². The summed E-state index contributed by atoms with van der Waals surface area (Å²) in [6.07, 6.45) is 0. The van der Waals surface area contributed by atoms with Crippen LogP contribution in [-0.2, 0) is 10.2 Å². The van der Waals surface area contributed by atoms with Crippen LogP contribution in [0.25, 0.3) is 17.1 Å². The van der Waals surface area contributed by atoms with Crippen molar-refractivity contribution >= 4 is 23.4 Å². The fraction of sp³-hybridized carbons (Fsp3) is 0.276. The Hall–Kier alpha value is -3.58. The molecule has 1 amide bonds. The first kappa shape index (κ1) is 25.5. The quantitative estimate of drug-likeness (QED) is 0.290. The Morgan fingerprint density at radius 2 is 1.67 bits per heavy atom. The molecule has 36 heavy (non-hydrogen) atoms. The van der Waals surface area contributed by atoms with Crippen LogP contribution in [0, 0.1) is 13.8 Å². The molecule has 0 aliphatic carbocycles. The van der Waals surface area contributed by atoms with Crippen LogP contribution in [0.2, 0.25) is 0 Å². The number of benzene rings is 3. The van der Waals surface area contributed by atoms with Gasteiger partial charge in [0.2, 0.25) is 5.91 Å². The summed E-state index contributed by atoms with van der Waals surface area (Å²) in [4.78, 5) is 12.8. The van der Waals surface area contributed by atoms with Crippen LogP contribution < -0.4 is 10.1 Å². The third-order valence-corrected chi connectivity index (χ3v) is 6.89. The minimum atomic E-state index is -0.0904. The number of carbonyl (C=O) groups is 1. The van der Waals surface area contributed by atoms with Crippen molar-refractivity contribution in [1.82, 2.24) is 14.8 Å². The van der Waals surface area contributed by atoms with E-state index in [4.69, 9.17) is 4.74 Å². The molecule has 1 N–H and O–H groups in total. The minimum absolute atomic E-state index is 0.0619. The first-order valence-corrected chi connectivity index (χ1v) is 12.8. The largest absolute Gasteiger partial charge is 0.497 e. The molecule has 0 unspecified atom stereocenters. The molecule has 0 aliphatic heterocycles. The van der Waals surface area contributed by atoms with Crippen LogP contribution in [0.3, 0.4) is 0 Å². The third kappa shape index (κ3) is 5.79. The number of anilines is 1. The van der Waals surface area contributed by atoms with Gasteiger partial charge in [0.05, 0.1) is 12.9 Å². The fourth-order valence-corrected chi connectivity index (χ4v) is 4.66. The second-order valence-electron chi connectivity index (χ2n) is 9.82. The molecule has 0 fully saturated rings. The zero-order valence-electron chi connectivity index (χ0n) is 21.6. The SMILES string of the molecule is COc1ccc(-n2c(SCC(=O)Nc3ccc(C)cc3C)nnc2-c2ccc(C(C)(C)C)cc2)cc1. The summed E-state index contributed by atoms with van der Waals surface area (Å²) in [6, 6.07) is 22.1. The Morgan fingerprint density at radius 1 is 0.972 bits per heavy atom. The smallest absolute Gasteiger partial charge is 0.234 e. The second-order valence-corrected chi connectivity index (χ2v) is 10.8. The Balaban J connectivity index is 1.62. The van der Waals surface area contributed by atoms with Crippen LogP contribution >= 0.6 is 11.8 Å². The zero-order chi connectivity index (χ0) is 25.9. The predicted octanol–water partition coefficient (Wildman–Crippen LogP) is 6.59. The molecule has 0 aliphatic rings. The van der Waals surface area contributed by atoms with Crippen LogP contribution in [0.5, 0.6) is 5.75 Å². The summed E-state index contributed by atoms with van der Waals surface area (Å²) in [5.74, 6) is 1.61. The van der Waals surface area contributed by atoms with Gasteiger partial charge in [-0.2, -0.15) is 0 Å². The first-order valence-electron chi connectivity index (χ1n) is 11.9. The molecule has 3 aromatic carbocycles. The molecule has 0 saturated heterocycles. The van der Waals surface area contributed by atoms with Gasteiger partial charge in [0, 0.05) is 16.9 Å². The van der Waals surface area contributed by atoms with Gasteiger partial charge in [-0.3, -0.25) is 9.36 Å². The van der Waals surface area contributed by atoms with Gasteiger partial charge in [0.25, 0.3) is 0 Å². The van der Waals surface area contributed by atoms with E-state index in [1.807, 2.05) is 54.8 Å². The summed E-state index contributed by atoms with van der Waals surface area (Å²) in [7, 11) is 1.64. The highest BCUT2D eigenvalue weighted by Crippen LogP contribution is 2.31. The normalized spacial score (nSPS) is 11.4. The van der Waals surface area contributed by atoms with E-state index in [9.17, 15) is 4.79 Å². The number of aryl methyl sites for hydroxylation is 2. The number of thioether (sulfide) groups is 1. The van der Waals surface area contributed by atoms with Crippen molar-refractivity contribution in [2.45, 2.75) is 45.2 Å². The molecule has 0 spiro atoms. The van der Waals surface area contributed by atoms with Crippen LogP contribution in [0.15, 0.2) is 71.9 Å². The number of carbonyl (C=O) groups excluding carboxylic acids is 1. The van der Waals surface area contributed by atoms with Gasteiger partial charge >= 0.3 is 0 Å². The average molecular weight is 501 g/mol. The molecule has 1 aromatic heterocycles. The Labute approximate surface area is 217 Å². The molecule has 6 nitrogen and oxygen atoms in total. The number of ether oxygens (including phenoxy) is 1. The Kier molecular flexibility index (Phi) is 7.50. The lowest BCUT2D eigenvalue weighted by atomic mass is 9.87. The van der Waals surface area contributed by atoms with Gasteiger partial charge in [0.1, 0.15) is 5.75 Å². The third-order valence-electron chi connectivity index (χ3n) is 5.96. The zero-order valence-corrected chi connectivity index (χ0v) is 22.4. The van der Waals surface area contributed by atoms with Gasteiger partial charge in [-0.15, -0.1) is 10.2 Å². The maximum Gasteiger partial charge on any atom is 0.234 e. The molecule has 4 aromatic rings. The topological polar surface area (TPSA) is 69.0 Å². The lowest BCUT2D eigenvalue weighted by Gasteiger charge is -2.19. The van der Waals surface area contributed by atoms with Crippen molar-refractivity contribution < 1.29 is 9.53 Å². The number of hydrogen-bond acceptors (Lipinski definition) is 5. The lowest BCUT2D eigenvalue weighted by molar-refractivity contribution is -0.113. The molecule has 4 rings (SSSR count). The number of amides is 1. The van der Waals surface area contributed by atoms with Crippen molar-refractivity contribution in [2.24, 2.45) is 0 Å². The summed E-state index contributed by atoms with van der Waals surface area (Å²) in [5.41, 5.74) is 6.19. The van der Waals surface area contributed by atoms with Gasteiger partial charge in [-0.1, -0.05) is 74.5 Å². The van der Waals surface area contributed by atoms with Crippen molar-refractivity contribution in [2.75, 3.05) is 18.2 Å². The standard InChI is InChI=1S/C29H32N4O2S/c1-19-7-16-25(20(2)17-19)30-26(34)18-36-28-32-31-27(21-8-10-22(11-9-21)29(3,4)5)33(28)23-12-14-24(35-6)15-13-23/h7-17H,18H2,1-6H3,(H,30,34). The van der Waals surface area contributed by atoms with Crippen molar-refractivity contribution in [3.63, 3.8) is 0 Å². The van der Waals surface area contributed by atoms with E-state index in [0.29, 0.717) is 5.16 Å². The van der Waals surface area contributed by atoms with Crippen LogP contribution in [0.4, 0.5) is 5.69 Å². The molecular formula is C29H32N4O2S. The summed E-state index contributed by atoms with van der Waals surface area (Å²) < 4.78 is 7.32. The van der Waals surface area contributed by atoms with Gasteiger partial charge < -0.3 is 10.1 Å². The molecule has 0 bridgehead atoms. The highest BCUT2D eigenvalue weighted by molar-refractivity contribution is 7.99. The molecule has 0 saturated carbocycles. The number of aromatic nitrogens is 3. The molecule has 7 heteroatoms. The second kappa shape index (κ2) is 10.6. The number of hydrogen-bond donors (Lipinski definition) is 1. The summed E-state index contributed by atoms with van der Waals surface area (Å²) in [6.45, 7) is 10.6. The van der Waals surface area contributed by atoms with E-state index < -0.39 is 0 Å².